The molecule has 24 heavy (non-hydrogen) atoms. The van der Waals surface area contributed by atoms with Gasteiger partial charge in [-0.25, -0.2) is 4.39 Å². The first-order valence-electron chi connectivity index (χ1n) is 7.86. The van der Waals surface area contributed by atoms with Gasteiger partial charge < -0.3 is 15.1 Å². The number of benzene rings is 1. The second kappa shape index (κ2) is 8.86. The number of hydrogen-bond acceptors (Lipinski definition) is 3. The van der Waals surface area contributed by atoms with Crippen LogP contribution in [0.1, 0.15) is 30.6 Å². The van der Waals surface area contributed by atoms with E-state index in [2.05, 4.69) is 10.6 Å². The first-order valence-corrected chi connectivity index (χ1v) is 7.86. The molecular formula is C18H21FN2O3. The van der Waals surface area contributed by atoms with Gasteiger partial charge in [-0.3, -0.25) is 9.59 Å². The zero-order valence-corrected chi connectivity index (χ0v) is 13.5. The van der Waals surface area contributed by atoms with Crippen LogP contribution in [0, 0.1) is 5.82 Å². The molecule has 0 aliphatic carbocycles. The summed E-state index contributed by atoms with van der Waals surface area (Å²) in [5.41, 5.74) is 0.729. The minimum absolute atomic E-state index is 0.0941. The van der Waals surface area contributed by atoms with Crippen molar-refractivity contribution in [1.82, 2.24) is 10.6 Å². The number of hydrogen-bond donors (Lipinski definition) is 2. The average Bonchev–Trinajstić information content (AvgIpc) is 3.06. The van der Waals surface area contributed by atoms with Gasteiger partial charge in [0, 0.05) is 26.4 Å². The maximum absolute atomic E-state index is 13.1. The highest BCUT2D eigenvalue weighted by Crippen LogP contribution is 2.22. The van der Waals surface area contributed by atoms with E-state index in [0.29, 0.717) is 31.7 Å². The fourth-order valence-corrected chi connectivity index (χ4v) is 2.37. The van der Waals surface area contributed by atoms with E-state index in [1.807, 2.05) is 0 Å². The summed E-state index contributed by atoms with van der Waals surface area (Å²) in [5.74, 6) is -0.356. The Morgan fingerprint density at radius 1 is 1.12 bits per heavy atom. The second-order valence-electron chi connectivity index (χ2n) is 5.52. The van der Waals surface area contributed by atoms with Crippen molar-refractivity contribution >= 4 is 11.8 Å². The van der Waals surface area contributed by atoms with Crippen molar-refractivity contribution in [2.45, 2.75) is 25.7 Å². The third-order valence-corrected chi connectivity index (χ3v) is 3.60. The van der Waals surface area contributed by atoms with Gasteiger partial charge in [-0.15, -0.1) is 0 Å². The third kappa shape index (κ3) is 5.53. The van der Waals surface area contributed by atoms with Crippen LogP contribution in [-0.2, 0) is 16.0 Å². The molecule has 1 heterocycles. The molecule has 2 N–H and O–H groups in total. The van der Waals surface area contributed by atoms with E-state index in [9.17, 15) is 14.0 Å². The van der Waals surface area contributed by atoms with Crippen LogP contribution in [0.25, 0.3) is 0 Å². The molecule has 1 unspecified atom stereocenters. The summed E-state index contributed by atoms with van der Waals surface area (Å²) in [6.45, 7) is 2.41. The van der Waals surface area contributed by atoms with Crippen LogP contribution in [0.15, 0.2) is 47.1 Å². The Labute approximate surface area is 140 Å². The molecule has 2 rings (SSSR count). The van der Waals surface area contributed by atoms with Gasteiger partial charge in [0.1, 0.15) is 11.6 Å². The minimum atomic E-state index is -0.461. The maximum atomic E-state index is 13.1. The smallest absolute Gasteiger partial charge is 0.228 e. The molecule has 0 radical (unpaired) electrons. The van der Waals surface area contributed by atoms with Gasteiger partial charge >= 0.3 is 0 Å². The molecule has 2 aromatic rings. The van der Waals surface area contributed by atoms with Crippen LogP contribution < -0.4 is 10.6 Å². The molecular weight excluding hydrogens is 311 g/mol. The summed E-state index contributed by atoms with van der Waals surface area (Å²) in [4.78, 5) is 23.3. The highest BCUT2D eigenvalue weighted by Gasteiger charge is 2.22. The average molecular weight is 332 g/mol. The van der Waals surface area contributed by atoms with Gasteiger partial charge in [-0.2, -0.15) is 0 Å². The maximum Gasteiger partial charge on any atom is 0.228 e. The summed E-state index contributed by atoms with van der Waals surface area (Å²) in [5, 5.41) is 5.53. The van der Waals surface area contributed by atoms with E-state index in [4.69, 9.17) is 4.42 Å². The van der Waals surface area contributed by atoms with E-state index in [0.717, 1.165) is 5.56 Å². The van der Waals surface area contributed by atoms with Crippen molar-refractivity contribution < 1.29 is 18.4 Å². The van der Waals surface area contributed by atoms with E-state index >= 15 is 0 Å². The predicted octanol–water partition coefficient (Wildman–Crippen LogP) is 2.39. The molecule has 6 heteroatoms. The molecule has 128 valence electrons. The third-order valence-electron chi connectivity index (χ3n) is 3.60. The Kier molecular flexibility index (Phi) is 6.54. The van der Waals surface area contributed by atoms with Crippen molar-refractivity contribution in [1.29, 1.82) is 0 Å². The number of carbonyl (C=O) groups is 2. The number of nitrogens with one attached hydrogen (secondary N) is 2. The SMILES string of the molecule is CC(=O)NCCCNC(=O)C(Cc1ccco1)c1ccc(F)cc1. The molecule has 0 fully saturated rings. The molecule has 0 saturated heterocycles. The van der Waals surface area contributed by atoms with Gasteiger partial charge in [0.15, 0.2) is 0 Å². The Morgan fingerprint density at radius 2 is 1.83 bits per heavy atom. The molecule has 0 aliphatic rings. The minimum Gasteiger partial charge on any atom is -0.469 e. The van der Waals surface area contributed by atoms with E-state index in [1.54, 1.807) is 30.5 Å². The zero-order chi connectivity index (χ0) is 17.4. The summed E-state index contributed by atoms with van der Waals surface area (Å²) < 4.78 is 18.5. The summed E-state index contributed by atoms with van der Waals surface area (Å²) >= 11 is 0. The highest BCUT2D eigenvalue weighted by atomic mass is 19.1. The summed E-state index contributed by atoms with van der Waals surface area (Å²) in [6, 6.07) is 9.48. The van der Waals surface area contributed by atoms with Gasteiger partial charge in [-0.1, -0.05) is 12.1 Å². The molecule has 5 nitrogen and oxygen atoms in total. The number of halogens is 1. The van der Waals surface area contributed by atoms with Crippen molar-refractivity contribution in [2.24, 2.45) is 0 Å². The van der Waals surface area contributed by atoms with Crippen LogP contribution in [-0.4, -0.2) is 24.9 Å². The molecule has 0 spiro atoms. The van der Waals surface area contributed by atoms with Gasteiger partial charge in [0.25, 0.3) is 0 Å². The number of rotatable bonds is 8. The lowest BCUT2D eigenvalue weighted by atomic mass is 9.93. The lowest BCUT2D eigenvalue weighted by molar-refractivity contribution is -0.122. The summed E-state index contributed by atoms with van der Waals surface area (Å²) in [6.07, 6.45) is 2.60. The van der Waals surface area contributed by atoms with Crippen LogP contribution in [0.3, 0.4) is 0 Å². The predicted molar refractivity (Wildman–Crippen MR) is 87.9 cm³/mol. The Morgan fingerprint density at radius 3 is 2.46 bits per heavy atom. The van der Waals surface area contributed by atoms with Crippen LogP contribution in [0.5, 0.6) is 0 Å². The fraction of sp³-hybridized carbons (Fsp3) is 0.333. The van der Waals surface area contributed by atoms with E-state index in [1.165, 1.54) is 19.1 Å². The van der Waals surface area contributed by atoms with Gasteiger partial charge in [0.05, 0.1) is 12.2 Å². The molecule has 1 atom stereocenters. The van der Waals surface area contributed by atoms with Crippen molar-refractivity contribution in [3.8, 4) is 0 Å². The van der Waals surface area contributed by atoms with Crippen molar-refractivity contribution in [2.75, 3.05) is 13.1 Å². The molecule has 0 bridgehead atoms. The number of amides is 2. The van der Waals surface area contributed by atoms with Gasteiger partial charge in [0.2, 0.25) is 11.8 Å². The highest BCUT2D eigenvalue weighted by molar-refractivity contribution is 5.83. The number of carbonyl (C=O) groups excluding carboxylic acids is 2. The lowest BCUT2D eigenvalue weighted by Gasteiger charge is -2.16. The largest absolute Gasteiger partial charge is 0.469 e. The molecule has 0 aliphatic heterocycles. The molecule has 1 aromatic carbocycles. The Bertz CT molecular complexity index is 653. The number of furan rings is 1. The monoisotopic (exact) mass is 332 g/mol. The Hall–Kier alpha value is -2.63. The van der Waals surface area contributed by atoms with E-state index in [-0.39, 0.29) is 17.6 Å². The van der Waals surface area contributed by atoms with Crippen molar-refractivity contribution in [3.63, 3.8) is 0 Å². The summed E-state index contributed by atoms with van der Waals surface area (Å²) in [7, 11) is 0. The molecule has 0 saturated carbocycles. The van der Waals surface area contributed by atoms with Crippen molar-refractivity contribution in [3.05, 3.63) is 59.8 Å². The standard InChI is InChI=1S/C18H21FN2O3/c1-13(22)20-9-3-10-21-18(23)17(12-16-4-2-11-24-16)14-5-7-15(19)8-6-14/h2,4-8,11,17H,3,9-10,12H2,1H3,(H,20,22)(H,21,23). The van der Waals surface area contributed by atoms with Gasteiger partial charge in [-0.05, 0) is 36.2 Å². The first kappa shape index (κ1) is 17.7. The molecule has 1 aromatic heterocycles. The lowest BCUT2D eigenvalue weighted by Crippen LogP contribution is -2.33. The fourth-order valence-electron chi connectivity index (χ4n) is 2.37. The van der Waals surface area contributed by atoms with Crippen LogP contribution in [0.2, 0.25) is 0 Å². The Balaban J connectivity index is 1.97. The first-order chi connectivity index (χ1) is 11.6. The zero-order valence-electron chi connectivity index (χ0n) is 13.5. The van der Waals surface area contributed by atoms with Crippen LogP contribution >= 0.6 is 0 Å². The second-order valence-corrected chi connectivity index (χ2v) is 5.52. The molecule has 2 amide bonds. The van der Waals surface area contributed by atoms with Crippen LogP contribution in [0.4, 0.5) is 4.39 Å². The normalized spacial score (nSPS) is 11.8. The quantitative estimate of drug-likeness (QED) is 0.729. The van der Waals surface area contributed by atoms with E-state index < -0.39 is 5.92 Å². The topological polar surface area (TPSA) is 71.3 Å².